The van der Waals surface area contributed by atoms with E-state index >= 15 is 0 Å². The highest BCUT2D eigenvalue weighted by Crippen LogP contribution is 2.21. The zero-order valence-electron chi connectivity index (χ0n) is 10.5. The van der Waals surface area contributed by atoms with E-state index in [9.17, 15) is 5.11 Å². The number of aliphatic hydroxyl groups excluding tert-OH is 1. The molecule has 0 saturated heterocycles. The molecule has 2 rings (SSSR count). The Morgan fingerprint density at radius 1 is 1.06 bits per heavy atom. The lowest BCUT2D eigenvalue weighted by Crippen LogP contribution is -2.00. The molecule has 0 fully saturated rings. The molecule has 0 aliphatic rings. The number of thioether (sulfide) groups is 1. The van der Waals surface area contributed by atoms with Gasteiger partial charge in [-0.3, -0.25) is 0 Å². The van der Waals surface area contributed by atoms with Crippen molar-refractivity contribution in [1.29, 1.82) is 0 Å². The first-order valence-electron chi connectivity index (χ1n) is 6.12. The van der Waals surface area contributed by atoms with Gasteiger partial charge >= 0.3 is 0 Å². The van der Waals surface area contributed by atoms with Gasteiger partial charge in [0.05, 0.1) is 6.10 Å². The molecule has 0 radical (unpaired) electrons. The molecule has 0 saturated carbocycles. The summed E-state index contributed by atoms with van der Waals surface area (Å²) in [5.41, 5.74) is 3.60. The second-order valence-corrected chi connectivity index (χ2v) is 5.46. The van der Waals surface area contributed by atoms with Crippen molar-refractivity contribution in [2.75, 3.05) is 5.75 Å². The summed E-state index contributed by atoms with van der Waals surface area (Å²) in [5, 5.41) is 10.0. The van der Waals surface area contributed by atoms with E-state index < -0.39 is 0 Å². The van der Waals surface area contributed by atoms with Crippen molar-refractivity contribution in [3.63, 3.8) is 0 Å². The van der Waals surface area contributed by atoms with E-state index in [1.165, 1.54) is 11.1 Å². The lowest BCUT2D eigenvalue weighted by molar-refractivity contribution is 0.204. The SMILES string of the molecule is Cc1cccc(CSCC(O)c2ccccc2)c1. The highest BCUT2D eigenvalue weighted by molar-refractivity contribution is 7.98. The van der Waals surface area contributed by atoms with Crippen molar-refractivity contribution >= 4 is 11.8 Å². The van der Waals surface area contributed by atoms with Crippen molar-refractivity contribution in [1.82, 2.24) is 0 Å². The van der Waals surface area contributed by atoms with E-state index in [2.05, 4.69) is 31.2 Å². The fourth-order valence-electron chi connectivity index (χ4n) is 1.86. The standard InChI is InChI=1S/C16H18OS/c1-13-6-5-7-14(10-13)11-18-12-16(17)15-8-3-2-4-9-15/h2-10,16-17H,11-12H2,1H3. The second-order valence-electron chi connectivity index (χ2n) is 4.43. The Kier molecular flexibility index (Phi) is 4.85. The van der Waals surface area contributed by atoms with Crippen LogP contribution in [0.3, 0.4) is 0 Å². The fourth-order valence-corrected chi connectivity index (χ4v) is 2.81. The second kappa shape index (κ2) is 6.62. The van der Waals surface area contributed by atoms with E-state index in [1.54, 1.807) is 11.8 Å². The smallest absolute Gasteiger partial charge is 0.0880 e. The highest BCUT2D eigenvalue weighted by Gasteiger charge is 2.06. The molecule has 0 bridgehead atoms. The van der Waals surface area contributed by atoms with Crippen LogP contribution in [0.1, 0.15) is 22.8 Å². The predicted octanol–water partition coefficient (Wildman–Crippen LogP) is 3.96. The molecule has 0 spiro atoms. The molecular weight excluding hydrogens is 240 g/mol. The lowest BCUT2D eigenvalue weighted by Gasteiger charge is -2.10. The van der Waals surface area contributed by atoms with Crippen molar-refractivity contribution in [3.8, 4) is 0 Å². The Bertz CT molecular complexity index is 481. The van der Waals surface area contributed by atoms with Gasteiger partial charge in [0.2, 0.25) is 0 Å². The van der Waals surface area contributed by atoms with E-state index in [0.29, 0.717) is 0 Å². The molecular formula is C16H18OS. The van der Waals surface area contributed by atoms with Gasteiger partial charge in [0.15, 0.2) is 0 Å². The summed E-state index contributed by atoms with van der Waals surface area (Å²) in [5.74, 6) is 1.68. The molecule has 0 heterocycles. The molecule has 2 heteroatoms. The minimum absolute atomic E-state index is 0.374. The molecule has 1 unspecified atom stereocenters. The summed E-state index contributed by atoms with van der Waals surface area (Å²) in [4.78, 5) is 0. The summed E-state index contributed by atoms with van der Waals surface area (Å²) >= 11 is 1.77. The van der Waals surface area contributed by atoms with Crippen LogP contribution in [0.4, 0.5) is 0 Å². The Morgan fingerprint density at radius 2 is 1.83 bits per heavy atom. The van der Waals surface area contributed by atoms with Crippen LogP contribution in [0.2, 0.25) is 0 Å². The molecule has 0 amide bonds. The van der Waals surface area contributed by atoms with Crippen LogP contribution in [0.5, 0.6) is 0 Å². The maximum Gasteiger partial charge on any atom is 0.0880 e. The number of aryl methyl sites for hydroxylation is 1. The van der Waals surface area contributed by atoms with Crippen molar-refractivity contribution in [2.45, 2.75) is 18.8 Å². The highest BCUT2D eigenvalue weighted by atomic mass is 32.2. The maximum absolute atomic E-state index is 10.0. The van der Waals surface area contributed by atoms with Crippen LogP contribution in [0.15, 0.2) is 54.6 Å². The minimum atomic E-state index is -0.374. The Labute approximate surface area is 113 Å². The van der Waals surface area contributed by atoms with Gasteiger partial charge in [-0.1, -0.05) is 60.2 Å². The average Bonchev–Trinajstić information content (AvgIpc) is 2.40. The van der Waals surface area contributed by atoms with Crippen LogP contribution >= 0.6 is 11.8 Å². The molecule has 0 aliphatic heterocycles. The molecule has 1 N–H and O–H groups in total. The first-order valence-corrected chi connectivity index (χ1v) is 7.27. The number of hydrogen-bond acceptors (Lipinski definition) is 2. The van der Waals surface area contributed by atoms with E-state index in [1.807, 2.05) is 30.3 Å². The van der Waals surface area contributed by atoms with Gasteiger partial charge in [-0.05, 0) is 18.1 Å². The maximum atomic E-state index is 10.0. The summed E-state index contributed by atoms with van der Waals surface area (Å²) in [7, 11) is 0. The first kappa shape index (κ1) is 13.2. The van der Waals surface area contributed by atoms with Gasteiger partial charge in [-0.2, -0.15) is 11.8 Å². The molecule has 0 aromatic heterocycles. The van der Waals surface area contributed by atoms with Crippen LogP contribution in [0.25, 0.3) is 0 Å². The Balaban J connectivity index is 1.82. The van der Waals surface area contributed by atoms with Gasteiger partial charge in [0, 0.05) is 11.5 Å². The predicted molar refractivity (Wildman–Crippen MR) is 78.7 cm³/mol. The summed E-state index contributed by atoms with van der Waals surface area (Å²) in [6.07, 6.45) is -0.374. The molecule has 1 atom stereocenters. The van der Waals surface area contributed by atoms with Gasteiger partial charge in [0.1, 0.15) is 0 Å². The Morgan fingerprint density at radius 3 is 2.56 bits per heavy atom. The molecule has 2 aromatic carbocycles. The van der Waals surface area contributed by atoms with Crippen molar-refractivity contribution in [2.24, 2.45) is 0 Å². The monoisotopic (exact) mass is 258 g/mol. The first-order chi connectivity index (χ1) is 8.75. The van der Waals surface area contributed by atoms with Crippen LogP contribution in [-0.2, 0) is 5.75 Å². The van der Waals surface area contributed by atoms with Crippen LogP contribution in [0, 0.1) is 6.92 Å². The van der Waals surface area contributed by atoms with Gasteiger partial charge in [0.25, 0.3) is 0 Å². The van der Waals surface area contributed by atoms with E-state index in [0.717, 1.165) is 17.1 Å². The van der Waals surface area contributed by atoms with Gasteiger partial charge in [-0.25, -0.2) is 0 Å². The van der Waals surface area contributed by atoms with Crippen LogP contribution < -0.4 is 0 Å². The molecule has 2 aromatic rings. The topological polar surface area (TPSA) is 20.2 Å². The van der Waals surface area contributed by atoms with Crippen molar-refractivity contribution in [3.05, 3.63) is 71.3 Å². The minimum Gasteiger partial charge on any atom is -0.388 e. The summed E-state index contributed by atoms with van der Waals surface area (Å²) in [6.45, 7) is 2.10. The van der Waals surface area contributed by atoms with E-state index in [-0.39, 0.29) is 6.10 Å². The average molecular weight is 258 g/mol. The number of hydrogen-bond donors (Lipinski definition) is 1. The zero-order valence-corrected chi connectivity index (χ0v) is 11.4. The van der Waals surface area contributed by atoms with Crippen LogP contribution in [-0.4, -0.2) is 10.9 Å². The summed E-state index contributed by atoms with van der Waals surface area (Å²) < 4.78 is 0. The number of aliphatic hydroxyl groups is 1. The van der Waals surface area contributed by atoms with E-state index in [4.69, 9.17) is 0 Å². The zero-order chi connectivity index (χ0) is 12.8. The molecule has 0 aliphatic carbocycles. The number of benzene rings is 2. The molecule has 18 heavy (non-hydrogen) atoms. The third-order valence-electron chi connectivity index (χ3n) is 2.81. The number of rotatable bonds is 5. The normalized spacial score (nSPS) is 12.3. The molecule has 94 valence electrons. The third kappa shape index (κ3) is 3.90. The molecule has 1 nitrogen and oxygen atoms in total. The summed E-state index contributed by atoms with van der Waals surface area (Å²) in [6, 6.07) is 18.3. The fraction of sp³-hybridized carbons (Fsp3) is 0.250. The third-order valence-corrected chi connectivity index (χ3v) is 3.90. The lowest BCUT2D eigenvalue weighted by atomic mass is 10.1. The largest absolute Gasteiger partial charge is 0.388 e. The van der Waals surface area contributed by atoms with Gasteiger partial charge < -0.3 is 5.11 Å². The quantitative estimate of drug-likeness (QED) is 0.876. The van der Waals surface area contributed by atoms with Crippen molar-refractivity contribution < 1.29 is 5.11 Å². The Hall–Kier alpha value is -1.25. The van der Waals surface area contributed by atoms with Gasteiger partial charge in [-0.15, -0.1) is 0 Å².